The van der Waals surface area contributed by atoms with Crippen molar-refractivity contribution in [2.75, 3.05) is 29.9 Å². The number of imide groups is 1. The van der Waals surface area contributed by atoms with Crippen LogP contribution in [0.3, 0.4) is 0 Å². The maximum Gasteiger partial charge on any atom is 0.323 e. The molecule has 1 unspecified atom stereocenters. The minimum Gasteiger partial charge on any atom is -0.360 e. The minimum absolute atomic E-state index is 0.100. The number of rotatable bonds is 9. The van der Waals surface area contributed by atoms with Gasteiger partial charge in [-0.05, 0) is 112 Å². The van der Waals surface area contributed by atoms with Crippen LogP contribution >= 0.6 is 0 Å². The Hall–Kier alpha value is -12.3. The number of carbonyl (C=O) groups is 11. The molecule has 12 amide bonds. The van der Waals surface area contributed by atoms with Gasteiger partial charge in [-0.15, -0.1) is 0 Å². The van der Waals surface area contributed by atoms with Crippen molar-refractivity contribution in [2.45, 2.75) is 108 Å². The average molecular weight is 1370 g/mol. The fraction of sp³-hybridized carbons (Fsp3) is 0.284. The molecule has 0 aliphatic carbocycles. The number of nitrogens with one attached hydrogen (secondary N) is 11. The van der Waals surface area contributed by atoms with E-state index in [9.17, 15) is 52.7 Å². The van der Waals surface area contributed by atoms with Crippen molar-refractivity contribution in [1.29, 1.82) is 0 Å². The van der Waals surface area contributed by atoms with Gasteiger partial charge in [-0.2, -0.15) is 0 Å². The molecular weight excluding hydrogens is 1290 g/mol. The molecule has 3 aromatic carbocycles. The number of allylic oxidation sites excluding steroid dienone is 4. The van der Waals surface area contributed by atoms with Crippen LogP contribution in [-0.4, -0.2) is 139 Å². The monoisotopic (exact) mass is 1370 g/mol. The van der Waals surface area contributed by atoms with Gasteiger partial charge < -0.3 is 57.1 Å². The zero-order valence-corrected chi connectivity index (χ0v) is 55.7. The number of H-pyrrole nitrogens is 3. The molecule has 15 rings (SSSR count). The van der Waals surface area contributed by atoms with E-state index in [1.807, 2.05) is 97.1 Å². The van der Waals surface area contributed by atoms with E-state index < -0.39 is 30.1 Å². The molecule has 101 heavy (non-hydrogen) atoms. The smallest absolute Gasteiger partial charge is 0.323 e. The number of urea groups is 1. The molecule has 520 valence electrons. The molecule has 5 fully saturated rings. The summed E-state index contributed by atoms with van der Waals surface area (Å²) < 4.78 is 0. The van der Waals surface area contributed by atoms with Gasteiger partial charge in [-0.25, -0.2) is 14.8 Å². The highest BCUT2D eigenvalue weighted by molar-refractivity contribution is 6.10. The number of hydrogen-bond acceptors (Lipinski definition) is 13. The number of aromatic nitrogens is 5. The number of amides is 12. The third-order valence-electron chi connectivity index (χ3n) is 18.3. The third-order valence-corrected chi connectivity index (χ3v) is 18.3. The number of carbonyl (C=O) groups excluding carboxylic acids is 11. The third kappa shape index (κ3) is 16.7. The maximum atomic E-state index is 12.6. The Balaban J connectivity index is 0.000000127. The Morgan fingerprint density at radius 3 is 1.35 bits per heavy atom. The Bertz CT molecular complexity index is 4420. The van der Waals surface area contributed by atoms with Gasteiger partial charge in [0.05, 0.1) is 16.7 Å². The van der Waals surface area contributed by atoms with E-state index in [1.165, 1.54) is 4.90 Å². The lowest BCUT2D eigenvalue weighted by atomic mass is 9.94. The lowest BCUT2D eigenvalue weighted by Gasteiger charge is -2.31. The van der Waals surface area contributed by atoms with E-state index in [2.05, 4.69) is 93.8 Å². The number of likely N-dealkylation sites (N-methyl/N-ethyl adjacent to an activating group) is 1. The first kappa shape index (κ1) is 70.0. The minimum atomic E-state index is -0.499. The van der Waals surface area contributed by atoms with Crippen LogP contribution in [0.1, 0.15) is 113 Å². The number of hydrogen-bond donors (Lipinski definition) is 11. The molecular formula is C74H78N16O11. The summed E-state index contributed by atoms with van der Waals surface area (Å²) in [5.41, 5.74) is 9.35. The number of benzene rings is 3. The van der Waals surface area contributed by atoms with Gasteiger partial charge in [0.2, 0.25) is 41.4 Å². The Kier molecular flexibility index (Phi) is 21.8. The van der Waals surface area contributed by atoms with Crippen LogP contribution in [0.5, 0.6) is 0 Å². The summed E-state index contributed by atoms with van der Waals surface area (Å²) in [5, 5.41) is 23.9. The van der Waals surface area contributed by atoms with Crippen LogP contribution < -0.4 is 52.3 Å². The number of anilines is 2. The number of piperidine rings is 5. The molecule has 7 aliphatic rings. The molecule has 0 saturated carbocycles. The maximum absolute atomic E-state index is 12.6. The molecule has 5 aromatic heterocycles. The summed E-state index contributed by atoms with van der Waals surface area (Å²) in [7, 11) is 1.67. The van der Waals surface area contributed by atoms with E-state index in [4.69, 9.17) is 0 Å². The highest BCUT2D eigenvalue weighted by atomic mass is 16.2. The van der Waals surface area contributed by atoms with E-state index >= 15 is 0 Å². The van der Waals surface area contributed by atoms with Gasteiger partial charge in [0.1, 0.15) is 35.8 Å². The van der Waals surface area contributed by atoms with Crippen molar-refractivity contribution < 1.29 is 52.7 Å². The molecule has 5 atom stereocenters. The van der Waals surface area contributed by atoms with Crippen LogP contribution in [0.2, 0.25) is 0 Å². The second-order valence-electron chi connectivity index (χ2n) is 25.3. The van der Waals surface area contributed by atoms with E-state index in [1.54, 1.807) is 47.8 Å². The second-order valence-corrected chi connectivity index (χ2v) is 25.3. The number of fused-ring (bicyclic) bond motifs is 5. The number of pyridine rings is 2. The second kappa shape index (κ2) is 31.5. The first-order valence-electron chi connectivity index (χ1n) is 33.3. The Morgan fingerprint density at radius 2 is 0.881 bits per heavy atom. The van der Waals surface area contributed by atoms with Gasteiger partial charge in [-0.1, -0.05) is 93.0 Å². The van der Waals surface area contributed by atoms with Crippen molar-refractivity contribution in [3.05, 3.63) is 205 Å². The molecule has 7 aliphatic heterocycles. The summed E-state index contributed by atoms with van der Waals surface area (Å²) in [6.07, 6.45) is 15.9. The molecule has 0 bridgehead atoms. The highest BCUT2D eigenvalue weighted by Gasteiger charge is 2.36. The van der Waals surface area contributed by atoms with Crippen LogP contribution in [0.4, 0.5) is 16.4 Å². The number of para-hydroxylation sites is 3. The van der Waals surface area contributed by atoms with Gasteiger partial charge >= 0.3 is 6.03 Å². The quantitative estimate of drug-likeness (QED) is 0.0665. The first-order chi connectivity index (χ1) is 48.7. The van der Waals surface area contributed by atoms with E-state index in [0.29, 0.717) is 128 Å². The standard InChI is InChI=1S/C16H17N3O2.2C15H15N3O2.C14H16N4O2.C14H15N3O3/c1-10-7-8-14(15(20)18-10)19(2)16(21)12-9-17-13-6-4-3-5-11(12)13;2*1-9-6-7-13(15(20)17-9)18-14(19)11-8-16-12-5-3-2-4-10(11)12;1-9-4-5-11(13(19)16-9)17-14(20)18-8-6-10-3-2-7-15-12(10)18;18-11-4-3-10(14(20)16-11)8-12(19)17-7-5-9-2-1-6-15-13(9)17/h3-6,9,14,17H,1,7-8H2,2H3,(H,18,20);2*2-5,8,13,16H,1,6-7H2,(H,17,20)(H,18,19);2-3,7,11H,1,4-6,8H2,(H,16,19)(H,17,20);1-2,6,10H,3-5,7-8H2,(H,16,18,20)/t;2*13-;11-;10-/m.1000/s1. The lowest BCUT2D eigenvalue weighted by Crippen LogP contribution is -2.53. The van der Waals surface area contributed by atoms with Crippen LogP contribution in [-0.2, 0) is 46.4 Å². The fourth-order valence-electron chi connectivity index (χ4n) is 12.8. The molecule has 8 aromatic rings. The molecule has 27 nitrogen and oxygen atoms in total. The average Bonchev–Trinajstić information content (AvgIpc) is 1.74. The largest absolute Gasteiger partial charge is 0.360 e. The number of nitrogens with zero attached hydrogens (tertiary/aromatic N) is 5. The predicted molar refractivity (Wildman–Crippen MR) is 378 cm³/mol. The van der Waals surface area contributed by atoms with Crippen LogP contribution in [0.25, 0.3) is 32.7 Å². The summed E-state index contributed by atoms with van der Waals surface area (Å²) >= 11 is 0. The van der Waals surface area contributed by atoms with Crippen molar-refractivity contribution >= 4 is 109 Å². The zero-order valence-electron chi connectivity index (χ0n) is 55.7. The van der Waals surface area contributed by atoms with Gasteiger partial charge in [-0.3, -0.25) is 63.1 Å². The lowest BCUT2D eigenvalue weighted by molar-refractivity contribution is -0.138. The molecule has 0 spiro atoms. The first-order valence-corrected chi connectivity index (χ1v) is 33.3. The normalized spacial score (nSPS) is 19.9. The van der Waals surface area contributed by atoms with Crippen molar-refractivity contribution in [1.82, 2.24) is 72.4 Å². The van der Waals surface area contributed by atoms with Crippen LogP contribution in [0.15, 0.2) is 177 Å². The van der Waals surface area contributed by atoms with E-state index in [-0.39, 0.29) is 71.5 Å². The van der Waals surface area contributed by atoms with Crippen molar-refractivity contribution in [3.8, 4) is 0 Å². The van der Waals surface area contributed by atoms with Crippen molar-refractivity contribution in [3.63, 3.8) is 0 Å². The number of aromatic amines is 3. The predicted octanol–water partition coefficient (Wildman–Crippen LogP) is 6.77. The van der Waals surface area contributed by atoms with E-state index in [0.717, 1.165) is 56.7 Å². The topological polar surface area (TPSA) is 367 Å². The van der Waals surface area contributed by atoms with Gasteiger partial charge in [0.15, 0.2) is 0 Å². The summed E-state index contributed by atoms with van der Waals surface area (Å²) in [4.78, 5) is 154. The SMILES string of the molecule is C=C1CCC(N(C)C(=O)c2c[nH]c3ccccc23)C(=O)N1.C=C1CC[C@@H](NC(=O)c2c[nH]c3ccccc23)C(=O)N1.C=C1CC[C@H](NC(=O)N2CCc3cccnc32)C(=O)N1.C=C1CC[C@H](NC(=O)c2c[nH]c3ccccc23)C(=O)N1.O=C1CC[C@@H](CC(=O)N2CCc3cccnc32)C(=O)N1. The summed E-state index contributed by atoms with van der Waals surface area (Å²) in [6, 6.07) is 28.2. The molecule has 11 N–H and O–H groups in total. The Labute approximate surface area is 580 Å². The molecule has 5 saturated heterocycles. The van der Waals surface area contributed by atoms with Crippen LogP contribution in [0, 0.1) is 5.92 Å². The summed E-state index contributed by atoms with van der Waals surface area (Å²) in [6.45, 7) is 16.1. The Morgan fingerprint density at radius 1 is 0.465 bits per heavy atom. The molecule has 27 heteroatoms. The molecule has 12 heterocycles. The van der Waals surface area contributed by atoms with Gasteiger partial charge in [0.25, 0.3) is 17.7 Å². The van der Waals surface area contributed by atoms with Gasteiger partial charge in [0, 0.05) is 125 Å². The molecule has 0 radical (unpaired) electrons. The zero-order chi connectivity index (χ0) is 71.4. The highest BCUT2D eigenvalue weighted by Crippen LogP contribution is 2.30. The van der Waals surface area contributed by atoms with Crippen molar-refractivity contribution in [2.24, 2.45) is 5.92 Å². The fourth-order valence-corrected chi connectivity index (χ4v) is 12.8. The summed E-state index contributed by atoms with van der Waals surface area (Å²) in [5.74, 6) is -1.12.